The number of carbonyl (C=O) groups is 2. The predicted octanol–water partition coefficient (Wildman–Crippen LogP) is 4.75. The summed E-state index contributed by atoms with van der Waals surface area (Å²) in [7, 11) is 0. The summed E-state index contributed by atoms with van der Waals surface area (Å²) in [5, 5.41) is 8.18. The van der Waals surface area contributed by atoms with Crippen molar-refractivity contribution in [3.05, 3.63) is 17.0 Å². The van der Waals surface area contributed by atoms with Gasteiger partial charge >= 0.3 is 5.97 Å². The van der Waals surface area contributed by atoms with Crippen molar-refractivity contribution in [1.82, 2.24) is 15.1 Å². The van der Waals surface area contributed by atoms with Gasteiger partial charge < -0.3 is 10.1 Å². The summed E-state index contributed by atoms with van der Waals surface area (Å²) < 4.78 is 7.46. The summed E-state index contributed by atoms with van der Waals surface area (Å²) in [6.45, 7) is 4.38. The Morgan fingerprint density at radius 1 is 1.06 bits per heavy atom. The van der Waals surface area contributed by atoms with Crippen molar-refractivity contribution in [2.45, 2.75) is 109 Å². The van der Waals surface area contributed by atoms with Crippen LogP contribution in [0, 0.1) is 11.8 Å². The van der Waals surface area contributed by atoms with Crippen molar-refractivity contribution in [3.63, 3.8) is 0 Å². The maximum absolute atomic E-state index is 13.4. The first-order valence-corrected chi connectivity index (χ1v) is 12.7. The Balaban J connectivity index is 1.57. The number of carbonyl (C=O) groups excluding carboxylic acids is 2. The van der Waals surface area contributed by atoms with Gasteiger partial charge in [-0.15, -0.1) is 0 Å². The summed E-state index contributed by atoms with van der Waals surface area (Å²) in [4.78, 5) is 25.8. The predicted molar refractivity (Wildman–Crippen MR) is 120 cm³/mol. The van der Waals surface area contributed by atoms with E-state index >= 15 is 0 Å². The van der Waals surface area contributed by atoms with Crippen molar-refractivity contribution < 1.29 is 14.3 Å². The van der Waals surface area contributed by atoms with E-state index in [1.807, 2.05) is 6.92 Å². The van der Waals surface area contributed by atoms with Crippen LogP contribution in [0.2, 0.25) is 0 Å². The Hall–Kier alpha value is -1.85. The molecule has 4 rings (SSSR count). The Morgan fingerprint density at radius 3 is 2.42 bits per heavy atom. The van der Waals surface area contributed by atoms with Crippen molar-refractivity contribution in [2.75, 3.05) is 6.61 Å². The van der Waals surface area contributed by atoms with Crippen molar-refractivity contribution in [3.8, 4) is 0 Å². The molecule has 6 heteroatoms. The molecule has 1 aromatic rings. The molecule has 0 radical (unpaired) electrons. The van der Waals surface area contributed by atoms with Crippen LogP contribution in [0.25, 0.3) is 0 Å². The minimum Gasteiger partial charge on any atom is -0.466 e. The van der Waals surface area contributed by atoms with Crippen LogP contribution in [0.15, 0.2) is 0 Å². The maximum atomic E-state index is 13.4. The number of hydrogen-bond donors (Lipinski definition) is 1. The number of esters is 1. The van der Waals surface area contributed by atoms with E-state index < -0.39 is 0 Å². The number of nitrogens with one attached hydrogen (secondary N) is 1. The summed E-state index contributed by atoms with van der Waals surface area (Å²) in [5.41, 5.74) is 2.73. The second-order valence-corrected chi connectivity index (χ2v) is 9.86. The number of amides is 1. The number of fused-ring (bicyclic) bond motifs is 1. The summed E-state index contributed by atoms with van der Waals surface area (Å²) in [5.74, 6) is 0.189. The molecule has 1 aromatic heterocycles. The molecule has 1 N–H and O–H groups in total. The summed E-state index contributed by atoms with van der Waals surface area (Å²) in [6, 6.07) is 0.548. The van der Waals surface area contributed by atoms with E-state index in [2.05, 4.69) is 16.9 Å². The molecule has 3 aliphatic rings. The molecule has 2 fully saturated rings. The second kappa shape index (κ2) is 10.2. The van der Waals surface area contributed by atoms with Gasteiger partial charge in [-0.1, -0.05) is 38.5 Å². The van der Waals surface area contributed by atoms with Crippen LogP contribution in [0.5, 0.6) is 0 Å². The van der Waals surface area contributed by atoms with Crippen molar-refractivity contribution >= 4 is 11.9 Å². The quantitative estimate of drug-likeness (QED) is 0.662. The fraction of sp³-hybridized carbons (Fsp3) is 0.800. The lowest BCUT2D eigenvalue weighted by molar-refractivity contribution is -0.148. The molecule has 0 aliphatic heterocycles. The van der Waals surface area contributed by atoms with Gasteiger partial charge in [0.1, 0.15) is 0 Å². The third kappa shape index (κ3) is 4.98. The minimum atomic E-state index is -0.168. The van der Waals surface area contributed by atoms with Crippen LogP contribution >= 0.6 is 0 Å². The molecule has 3 aliphatic carbocycles. The molecule has 0 saturated heterocycles. The zero-order valence-corrected chi connectivity index (χ0v) is 19.3. The highest BCUT2D eigenvalue weighted by atomic mass is 16.5. The Morgan fingerprint density at radius 2 is 1.74 bits per heavy atom. The molecular formula is C25H39N3O3. The van der Waals surface area contributed by atoms with E-state index in [4.69, 9.17) is 9.84 Å². The van der Waals surface area contributed by atoms with Crippen LogP contribution in [-0.2, 0) is 22.4 Å². The van der Waals surface area contributed by atoms with Gasteiger partial charge in [0, 0.05) is 17.3 Å². The Labute approximate surface area is 186 Å². The highest BCUT2D eigenvalue weighted by molar-refractivity contribution is 5.94. The highest BCUT2D eigenvalue weighted by Crippen LogP contribution is 2.35. The van der Waals surface area contributed by atoms with E-state index in [-0.39, 0.29) is 23.8 Å². The van der Waals surface area contributed by atoms with Crippen LogP contribution in [0.3, 0.4) is 0 Å². The molecule has 172 valence electrons. The fourth-order valence-corrected chi connectivity index (χ4v) is 5.94. The molecule has 1 unspecified atom stereocenters. The maximum Gasteiger partial charge on any atom is 0.309 e. The zero-order chi connectivity index (χ0) is 21.8. The van der Waals surface area contributed by atoms with Gasteiger partial charge in [-0.3, -0.25) is 14.3 Å². The van der Waals surface area contributed by atoms with Gasteiger partial charge in [0.2, 0.25) is 0 Å². The zero-order valence-electron chi connectivity index (χ0n) is 19.3. The number of hydrogen-bond acceptors (Lipinski definition) is 4. The van der Waals surface area contributed by atoms with Crippen molar-refractivity contribution in [2.24, 2.45) is 11.8 Å². The first-order valence-electron chi connectivity index (χ1n) is 12.7. The Kier molecular flexibility index (Phi) is 7.34. The third-order valence-corrected chi connectivity index (χ3v) is 7.77. The molecule has 31 heavy (non-hydrogen) atoms. The Bertz CT molecular complexity index is 775. The monoisotopic (exact) mass is 429 g/mol. The first kappa shape index (κ1) is 22.3. The fourth-order valence-electron chi connectivity index (χ4n) is 5.94. The van der Waals surface area contributed by atoms with Crippen LogP contribution in [0.4, 0.5) is 0 Å². The molecule has 0 bridgehead atoms. The molecule has 1 heterocycles. The van der Waals surface area contributed by atoms with Crippen molar-refractivity contribution in [1.29, 1.82) is 0 Å². The van der Waals surface area contributed by atoms with Crippen LogP contribution in [0.1, 0.15) is 112 Å². The SMILES string of the molecule is CCOC(=O)C1CCc2c(c(C(=O)N[C@H](C)C3CCCCC3)nn2C2CCCCC2)C1. The molecule has 6 nitrogen and oxygen atoms in total. The van der Waals surface area contributed by atoms with Gasteiger partial charge in [-0.25, -0.2) is 0 Å². The number of nitrogens with zero attached hydrogens (tertiary/aromatic N) is 2. The number of ether oxygens (including phenoxy) is 1. The van der Waals surface area contributed by atoms with E-state index in [0.717, 1.165) is 31.2 Å². The number of aromatic nitrogens is 2. The van der Waals surface area contributed by atoms with Gasteiger partial charge in [0.05, 0.1) is 18.6 Å². The molecule has 2 atom stereocenters. The van der Waals surface area contributed by atoms with Gasteiger partial charge in [0.25, 0.3) is 5.91 Å². The summed E-state index contributed by atoms with van der Waals surface area (Å²) in [6.07, 6.45) is 14.4. The van der Waals surface area contributed by atoms with Gasteiger partial charge in [-0.2, -0.15) is 5.10 Å². The lowest BCUT2D eigenvalue weighted by atomic mass is 9.84. The minimum absolute atomic E-state index is 0.0617. The lowest BCUT2D eigenvalue weighted by Crippen LogP contribution is -2.39. The summed E-state index contributed by atoms with van der Waals surface area (Å²) >= 11 is 0. The molecule has 0 aromatic carbocycles. The van der Waals surface area contributed by atoms with Crippen LogP contribution in [-0.4, -0.2) is 34.3 Å². The normalized spacial score (nSPS) is 23.7. The number of rotatable bonds is 6. The van der Waals surface area contributed by atoms with E-state index in [1.54, 1.807) is 0 Å². The highest BCUT2D eigenvalue weighted by Gasteiger charge is 2.35. The third-order valence-electron chi connectivity index (χ3n) is 7.77. The van der Waals surface area contributed by atoms with Gasteiger partial charge in [0.15, 0.2) is 5.69 Å². The first-order chi connectivity index (χ1) is 15.1. The van der Waals surface area contributed by atoms with Gasteiger partial charge in [-0.05, 0) is 64.7 Å². The smallest absolute Gasteiger partial charge is 0.309 e. The average Bonchev–Trinajstić information content (AvgIpc) is 3.19. The largest absolute Gasteiger partial charge is 0.466 e. The molecule has 2 saturated carbocycles. The lowest BCUT2D eigenvalue weighted by Gasteiger charge is -2.28. The standard InChI is InChI=1S/C25H39N3O3/c1-3-31-25(30)19-14-15-22-21(16-19)23(27-28(22)20-12-8-5-9-13-20)24(29)26-17(2)18-10-6-4-7-11-18/h17-20H,3-16H2,1-2H3,(H,26,29)/t17-,19?/m1/s1. The molecule has 1 amide bonds. The molecule has 0 spiro atoms. The topological polar surface area (TPSA) is 73.2 Å². The van der Waals surface area contributed by atoms with E-state index in [0.29, 0.717) is 30.7 Å². The average molecular weight is 430 g/mol. The van der Waals surface area contributed by atoms with E-state index in [9.17, 15) is 9.59 Å². The second-order valence-electron chi connectivity index (χ2n) is 9.86. The van der Waals surface area contributed by atoms with E-state index in [1.165, 1.54) is 57.1 Å². The molecular weight excluding hydrogens is 390 g/mol. The van der Waals surface area contributed by atoms with Crippen LogP contribution < -0.4 is 5.32 Å².